The van der Waals surface area contributed by atoms with Crippen LogP contribution < -0.4 is 4.90 Å². The van der Waals surface area contributed by atoms with Gasteiger partial charge in [0.15, 0.2) is 5.65 Å². The highest BCUT2D eigenvalue weighted by Crippen LogP contribution is 2.35. The van der Waals surface area contributed by atoms with Crippen molar-refractivity contribution in [1.82, 2.24) is 28.6 Å². The molecule has 0 amide bonds. The van der Waals surface area contributed by atoms with Gasteiger partial charge in [-0.3, -0.25) is 9.58 Å². The van der Waals surface area contributed by atoms with Crippen LogP contribution in [-0.4, -0.2) is 86.1 Å². The van der Waals surface area contributed by atoms with Crippen molar-refractivity contribution in [2.24, 2.45) is 0 Å². The number of aromatic hydroxyl groups is 1. The third-order valence-electron chi connectivity index (χ3n) is 8.69. The smallest absolute Gasteiger partial charge is 0.269 e. The van der Waals surface area contributed by atoms with E-state index in [9.17, 15) is 18.6 Å². The summed E-state index contributed by atoms with van der Waals surface area (Å²) in [6.45, 7) is 8.23. The molecule has 1 saturated heterocycles. The van der Waals surface area contributed by atoms with Crippen LogP contribution in [0.15, 0.2) is 103 Å². The average molecular weight is 664 g/mol. The van der Waals surface area contributed by atoms with Gasteiger partial charge in [-0.15, -0.1) is 0 Å². The van der Waals surface area contributed by atoms with Crippen LogP contribution in [0, 0.1) is 6.92 Å². The lowest BCUT2D eigenvalue weighted by atomic mass is 10.1. The van der Waals surface area contributed by atoms with Crippen LogP contribution in [-0.2, 0) is 16.6 Å². The molecule has 5 heterocycles. The second kappa shape index (κ2) is 12.9. The number of aliphatic hydroxyl groups excluding tert-OH is 1. The van der Waals surface area contributed by atoms with E-state index in [-0.39, 0.29) is 16.7 Å². The van der Waals surface area contributed by atoms with E-state index >= 15 is 0 Å². The van der Waals surface area contributed by atoms with Gasteiger partial charge in [0, 0.05) is 85.2 Å². The number of piperazine rings is 1. The number of benzene rings is 2. The van der Waals surface area contributed by atoms with Crippen molar-refractivity contribution in [3.63, 3.8) is 0 Å². The summed E-state index contributed by atoms with van der Waals surface area (Å²) in [4.78, 5) is 14.1. The van der Waals surface area contributed by atoms with E-state index in [0.717, 1.165) is 59.8 Å². The maximum absolute atomic E-state index is 13.9. The monoisotopic (exact) mass is 663 g/mol. The topological polar surface area (TPSA) is 130 Å². The average Bonchev–Trinajstić information content (AvgIpc) is 3.70. The number of rotatable bonds is 9. The summed E-state index contributed by atoms with van der Waals surface area (Å²) in [6, 6.07) is 19.8. The Bertz CT molecular complexity index is 2170. The molecule has 0 aliphatic carbocycles. The van der Waals surface area contributed by atoms with Crippen molar-refractivity contribution < 1.29 is 18.6 Å². The van der Waals surface area contributed by atoms with Crippen LogP contribution in [0.25, 0.3) is 33.3 Å². The number of hydrogen-bond donors (Lipinski definition) is 2. The van der Waals surface area contributed by atoms with E-state index in [1.807, 2.05) is 50.5 Å². The van der Waals surface area contributed by atoms with Crippen molar-refractivity contribution in [2.75, 3.05) is 37.6 Å². The minimum absolute atomic E-state index is 0.175. The molecule has 1 aliphatic rings. The Morgan fingerprint density at radius 2 is 1.62 bits per heavy atom. The van der Waals surface area contributed by atoms with Gasteiger partial charge in [-0.1, -0.05) is 29.8 Å². The molecular weight excluding hydrogens is 627 g/mol. The third-order valence-corrected chi connectivity index (χ3v) is 10.4. The van der Waals surface area contributed by atoms with Gasteiger partial charge in [-0.25, -0.2) is 22.4 Å². The van der Waals surface area contributed by atoms with E-state index in [1.54, 1.807) is 65.7 Å². The first kappa shape index (κ1) is 31.6. The number of pyridine rings is 2. The van der Waals surface area contributed by atoms with E-state index < -0.39 is 10.0 Å². The molecule has 1 aliphatic heterocycles. The highest BCUT2D eigenvalue weighted by molar-refractivity contribution is 7.90. The zero-order valence-corrected chi connectivity index (χ0v) is 27.6. The fraction of sp³-hybridized carbons (Fsp3) is 0.250. The SMILES string of the molecule is Cc1ccc(S(=O)(=O)n2cc(-c3cnn(Cc4cccc(O)c4)c3)c3cc(-c4ccc(N5CCN(C[C@H](C)O)CC5)nc4)cnc32)cc1. The number of nitrogens with zero attached hydrogens (tertiary/aromatic N) is 7. The Balaban J connectivity index is 1.24. The lowest BCUT2D eigenvalue weighted by Crippen LogP contribution is -2.48. The molecule has 0 unspecified atom stereocenters. The predicted octanol–water partition coefficient (Wildman–Crippen LogP) is 4.76. The lowest BCUT2D eigenvalue weighted by molar-refractivity contribution is 0.122. The van der Waals surface area contributed by atoms with Crippen molar-refractivity contribution in [3.05, 3.63) is 109 Å². The number of phenolic OH excluding ortho intramolecular Hbond substituents is 1. The Morgan fingerprint density at radius 1 is 0.854 bits per heavy atom. The molecule has 246 valence electrons. The fourth-order valence-electron chi connectivity index (χ4n) is 6.18. The lowest BCUT2D eigenvalue weighted by Gasteiger charge is -2.35. The Hall–Kier alpha value is -5.04. The number of phenols is 1. The van der Waals surface area contributed by atoms with Gasteiger partial charge in [0.25, 0.3) is 10.0 Å². The first-order chi connectivity index (χ1) is 23.1. The van der Waals surface area contributed by atoms with Gasteiger partial charge < -0.3 is 15.1 Å². The second-order valence-electron chi connectivity index (χ2n) is 12.4. The van der Waals surface area contributed by atoms with E-state index in [2.05, 4.69) is 14.9 Å². The molecule has 1 atom stereocenters. The van der Waals surface area contributed by atoms with Gasteiger partial charge >= 0.3 is 0 Å². The standard InChI is InChI=1S/C36H37N7O4S/c1-25-6-9-32(10-7-25)48(46,47)43-24-34(30-20-39-42(23-30)22-27-4-3-5-31(45)16-27)33-17-29(19-38-36(33)43)28-8-11-35(37-18-28)41-14-12-40(13-15-41)21-26(2)44/h3-11,16-20,23-24,26,44-45H,12-15,21-22H2,1-2H3/t26-/m0/s1. The number of fused-ring (bicyclic) bond motifs is 1. The fourth-order valence-corrected chi connectivity index (χ4v) is 7.51. The molecule has 0 bridgehead atoms. The summed E-state index contributed by atoms with van der Waals surface area (Å²) >= 11 is 0. The van der Waals surface area contributed by atoms with Gasteiger partial charge in [-0.05, 0) is 61.9 Å². The zero-order chi connectivity index (χ0) is 33.4. The van der Waals surface area contributed by atoms with Crippen molar-refractivity contribution in [1.29, 1.82) is 0 Å². The molecule has 0 saturated carbocycles. The highest BCUT2D eigenvalue weighted by Gasteiger charge is 2.24. The quantitative estimate of drug-likeness (QED) is 0.225. The van der Waals surface area contributed by atoms with Gasteiger partial charge in [0.1, 0.15) is 11.6 Å². The molecule has 7 rings (SSSR count). The molecular formula is C36H37N7O4S. The normalized spacial score (nSPS) is 14.9. The molecule has 2 aromatic carbocycles. The van der Waals surface area contributed by atoms with E-state index in [1.165, 1.54) is 3.97 Å². The van der Waals surface area contributed by atoms with Gasteiger partial charge in [0.2, 0.25) is 0 Å². The molecule has 6 aromatic rings. The van der Waals surface area contributed by atoms with Crippen LogP contribution >= 0.6 is 0 Å². The Kier molecular flexibility index (Phi) is 8.46. The third kappa shape index (κ3) is 6.42. The number of aryl methyl sites for hydroxylation is 1. The Morgan fingerprint density at radius 3 is 2.33 bits per heavy atom. The predicted molar refractivity (Wildman–Crippen MR) is 185 cm³/mol. The van der Waals surface area contributed by atoms with Crippen LogP contribution in [0.1, 0.15) is 18.1 Å². The number of β-amino-alcohol motifs (C(OH)–C–C–N with tert-alkyl or cyclic N) is 1. The number of anilines is 1. The number of aromatic nitrogens is 5. The minimum atomic E-state index is -3.96. The van der Waals surface area contributed by atoms with Crippen LogP contribution in [0.4, 0.5) is 5.82 Å². The molecule has 0 spiro atoms. The molecule has 1 fully saturated rings. The second-order valence-corrected chi connectivity index (χ2v) is 14.2. The van der Waals surface area contributed by atoms with E-state index in [0.29, 0.717) is 29.7 Å². The largest absolute Gasteiger partial charge is 0.508 e. The zero-order valence-electron chi connectivity index (χ0n) is 26.8. The summed E-state index contributed by atoms with van der Waals surface area (Å²) in [5, 5.41) is 24.8. The maximum atomic E-state index is 13.9. The van der Waals surface area contributed by atoms with Gasteiger partial charge in [0.05, 0.1) is 23.7 Å². The summed E-state index contributed by atoms with van der Waals surface area (Å²) in [5.74, 6) is 1.07. The highest BCUT2D eigenvalue weighted by atomic mass is 32.2. The Labute approximate surface area is 279 Å². The molecule has 2 N–H and O–H groups in total. The van der Waals surface area contributed by atoms with Crippen molar-refractivity contribution in [2.45, 2.75) is 31.4 Å². The summed E-state index contributed by atoms with van der Waals surface area (Å²) in [5.41, 5.74) is 5.25. The first-order valence-corrected chi connectivity index (χ1v) is 17.3. The number of hydrogen-bond acceptors (Lipinski definition) is 9. The van der Waals surface area contributed by atoms with Crippen LogP contribution in [0.3, 0.4) is 0 Å². The maximum Gasteiger partial charge on any atom is 0.269 e. The first-order valence-electron chi connectivity index (χ1n) is 15.9. The molecule has 48 heavy (non-hydrogen) atoms. The van der Waals surface area contributed by atoms with Crippen molar-refractivity contribution >= 4 is 26.9 Å². The van der Waals surface area contributed by atoms with Crippen molar-refractivity contribution in [3.8, 4) is 28.0 Å². The summed E-state index contributed by atoms with van der Waals surface area (Å²) in [6.07, 6.45) is 8.36. The summed E-state index contributed by atoms with van der Waals surface area (Å²) in [7, 11) is -3.96. The minimum Gasteiger partial charge on any atom is -0.508 e. The van der Waals surface area contributed by atoms with Crippen LogP contribution in [0.2, 0.25) is 0 Å². The van der Waals surface area contributed by atoms with E-state index in [4.69, 9.17) is 9.97 Å². The molecule has 11 nitrogen and oxygen atoms in total. The molecule has 0 radical (unpaired) electrons. The number of aliphatic hydroxyl groups is 1. The molecule has 12 heteroatoms. The molecule has 4 aromatic heterocycles. The summed E-state index contributed by atoms with van der Waals surface area (Å²) < 4.78 is 30.9. The van der Waals surface area contributed by atoms with Crippen LogP contribution in [0.5, 0.6) is 5.75 Å². The van der Waals surface area contributed by atoms with Gasteiger partial charge in [-0.2, -0.15) is 5.10 Å².